The summed E-state index contributed by atoms with van der Waals surface area (Å²) in [5.74, 6) is 1.94. The summed E-state index contributed by atoms with van der Waals surface area (Å²) in [6.45, 7) is 6.12. The fraction of sp³-hybridized carbons (Fsp3) is 0.600. The number of rotatable bonds is 7. The maximum absolute atomic E-state index is 5.97. The average molecular weight is 312 g/mol. The van der Waals surface area contributed by atoms with Crippen LogP contribution < -0.4 is 10.1 Å². The van der Waals surface area contributed by atoms with Gasteiger partial charge in [0.25, 0.3) is 0 Å². The smallest absolute Gasteiger partial charge is 0.125 e. The van der Waals surface area contributed by atoms with Crippen LogP contribution in [0.15, 0.2) is 22.7 Å². The average Bonchev–Trinajstić information content (AvgIpc) is 3.13. The van der Waals surface area contributed by atoms with Gasteiger partial charge in [-0.15, -0.1) is 0 Å². The van der Waals surface area contributed by atoms with Gasteiger partial charge in [0.05, 0.1) is 6.61 Å². The molecule has 0 aliphatic heterocycles. The summed E-state index contributed by atoms with van der Waals surface area (Å²) in [4.78, 5) is 0. The molecule has 0 radical (unpaired) electrons. The van der Waals surface area contributed by atoms with Crippen molar-refractivity contribution in [1.82, 2.24) is 5.32 Å². The molecule has 1 aliphatic rings. The van der Waals surface area contributed by atoms with Gasteiger partial charge in [-0.25, -0.2) is 0 Å². The first kappa shape index (κ1) is 13.9. The highest BCUT2D eigenvalue weighted by Gasteiger charge is 2.21. The monoisotopic (exact) mass is 311 g/mol. The van der Waals surface area contributed by atoms with Crippen LogP contribution in [0.25, 0.3) is 0 Å². The van der Waals surface area contributed by atoms with E-state index in [2.05, 4.69) is 53.3 Å². The van der Waals surface area contributed by atoms with Crippen LogP contribution in [-0.4, -0.2) is 13.2 Å². The number of benzene rings is 1. The second-order valence-electron chi connectivity index (χ2n) is 5.04. The molecule has 1 aromatic carbocycles. The molecule has 18 heavy (non-hydrogen) atoms. The van der Waals surface area contributed by atoms with Crippen molar-refractivity contribution >= 4 is 15.9 Å². The van der Waals surface area contributed by atoms with Gasteiger partial charge in [-0.3, -0.25) is 0 Å². The maximum atomic E-state index is 5.97. The Balaban J connectivity index is 2.01. The lowest BCUT2D eigenvalue weighted by Crippen LogP contribution is -2.18. The molecule has 1 unspecified atom stereocenters. The molecule has 100 valence electrons. The summed E-state index contributed by atoms with van der Waals surface area (Å²) < 4.78 is 7.05. The minimum atomic E-state index is 0.332. The number of ether oxygens (including phenoxy) is 1. The molecule has 1 N–H and O–H groups in total. The van der Waals surface area contributed by atoms with E-state index in [9.17, 15) is 0 Å². The molecule has 0 saturated heterocycles. The molecule has 0 bridgehead atoms. The van der Waals surface area contributed by atoms with Crippen LogP contribution in [0.1, 0.15) is 44.7 Å². The van der Waals surface area contributed by atoms with Crippen LogP contribution in [-0.2, 0) is 0 Å². The molecule has 3 heteroatoms. The molecular formula is C15H22BrNO. The molecular weight excluding hydrogens is 290 g/mol. The Labute approximate surface area is 118 Å². The Hall–Kier alpha value is -0.540. The Kier molecular flexibility index (Phi) is 5.07. The lowest BCUT2D eigenvalue weighted by Gasteiger charge is -2.18. The van der Waals surface area contributed by atoms with Crippen molar-refractivity contribution in [2.45, 2.75) is 39.2 Å². The van der Waals surface area contributed by atoms with Gasteiger partial charge in [-0.05, 0) is 37.9 Å². The number of hydrogen-bond acceptors (Lipinski definition) is 2. The van der Waals surface area contributed by atoms with Crippen LogP contribution in [0.3, 0.4) is 0 Å². The fourth-order valence-electron chi connectivity index (χ4n) is 2.15. The predicted octanol–water partition coefficient (Wildman–Crippen LogP) is 4.30. The van der Waals surface area contributed by atoms with Gasteiger partial charge >= 0.3 is 0 Å². The van der Waals surface area contributed by atoms with Gasteiger partial charge in [0, 0.05) is 16.1 Å². The summed E-state index contributed by atoms with van der Waals surface area (Å²) in [5, 5.41) is 3.44. The molecule has 0 heterocycles. The van der Waals surface area contributed by atoms with Crippen molar-refractivity contribution in [2.24, 2.45) is 5.92 Å². The molecule has 1 fully saturated rings. The van der Waals surface area contributed by atoms with E-state index in [0.29, 0.717) is 6.04 Å². The zero-order valence-electron chi connectivity index (χ0n) is 11.2. The van der Waals surface area contributed by atoms with Gasteiger partial charge in [0.2, 0.25) is 0 Å². The van der Waals surface area contributed by atoms with E-state index in [-0.39, 0.29) is 0 Å². The van der Waals surface area contributed by atoms with E-state index in [1.165, 1.54) is 24.8 Å². The second-order valence-corrected chi connectivity index (χ2v) is 5.96. The first-order chi connectivity index (χ1) is 8.70. The lowest BCUT2D eigenvalue weighted by molar-refractivity contribution is 0.296. The molecule has 0 spiro atoms. The number of hydrogen-bond donors (Lipinski definition) is 1. The van der Waals surface area contributed by atoms with Crippen LogP contribution in [0.2, 0.25) is 0 Å². The topological polar surface area (TPSA) is 21.3 Å². The van der Waals surface area contributed by atoms with E-state index in [4.69, 9.17) is 4.74 Å². The molecule has 2 rings (SSSR count). The quantitative estimate of drug-likeness (QED) is 0.810. The minimum absolute atomic E-state index is 0.332. The molecule has 1 atom stereocenters. The third-order valence-electron chi connectivity index (χ3n) is 3.43. The molecule has 0 amide bonds. The van der Waals surface area contributed by atoms with E-state index >= 15 is 0 Å². The zero-order valence-corrected chi connectivity index (χ0v) is 12.8. The van der Waals surface area contributed by atoms with E-state index < -0.39 is 0 Å². The summed E-state index contributed by atoms with van der Waals surface area (Å²) in [6.07, 6.45) is 3.98. The van der Waals surface area contributed by atoms with Crippen LogP contribution in [0.5, 0.6) is 5.75 Å². The molecule has 1 saturated carbocycles. The second kappa shape index (κ2) is 6.58. The zero-order chi connectivity index (χ0) is 13.0. The normalized spacial score (nSPS) is 16.6. The SMILES string of the molecule is CCNC(C)c1ccc(Br)cc1OCCC1CC1. The van der Waals surface area contributed by atoms with E-state index in [1.54, 1.807) is 0 Å². The van der Waals surface area contributed by atoms with Crippen LogP contribution >= 0.6 is 15.9 Å². The van der Waals surface area contributed by atoms with E-state index in [0.717, 1.165) is 29.3 Å². The standard InChI is InChI=1S/C15H22BrNO/c1-3-17-11(2)14-7-6-13(16)10-15(14)18-9-8-12-4-5-12/h6-7,10-12,17H,3-5,8-9H2,1-2H3. The molecule has 1 aromatic rings. The van der Waals surface area contributed by atoms with Crippen molar-refractivity contribution in [3.05, 3.63) is 28.2 Å². The highest BCUT2D eigenvalue weighted by molar-refractivity contribution is 9.10. The van der Waals surface area contributed by atoms with Gasteiger partial charge in [0.15, 0.2) is 0 Å². The largest absolute Gasteiger partial charge is 0.493 e. The Morgan fingerprint density at radius 1 is 1.44 bits per heavy atom. The highest BCUT2D eigenvalue weighted by Crippen LogP contribution is 2.33. The summed E-state index contributed by atoms with van der Waals surface area (Å²) in [6, 6.07) is 6.63. The number of nitrogens with one attached hydrogen (secondary N) is 1. The summed E-state index contributed by atoms with van der Waals surface area (Å²) in [5.41, 5.74) is 1.25. The fourth-order valence-corrected chi connectivity index (χ4v) is 2.49. The lowest BCUT2D eigenvalue weighted by atomic mass is 10.1. The van der Waals surface area contributed by atoms with Gasteiger partial charge in [-0.2, -0.15) is 0 Å². The first-order valence-electron chi connectivity index (χ1n) is 6.86. The summed E-state index contributed by atoms with van der Waals surface area (Å²) >= 11 is 3.52. The van der Waals surface area contributed by atoms with Crippen molar-refractivity contribution in [3.63, 3.8) is 0 Å². The Morgan fingerprint density at radius 2 is 2.22 bits per heavy atom. The van der Waals surface area contributed by atoms with Crippen molar-refractivity contribution < 1.29 is 4.74 Å². The van der Waals surface area contributed by atoms with Gasteiger partial charge < -0.3 is 10.1 Å². The predicted molar refractivity (Wildman–Crippen MR) is 79.1 cm³/mol. The summed E-state index contributed by atoms with van der Waals surface area (Å²) in [7, 11) is 0. The molecule has 2 nitrogen and oxygen atoms in total. The van der Waals surface area contributed by atoms with Crippen molar-refractivity contribution in [2.75, 3.05) is 13.2 Å². The third-order valence-corrected chi connectivity index (χ3v) is 3.93. The van der Waals surface area contributed by atoms with Gasteiger partial charge in [-0.1, -0.05) is 41.8 Å². The van der Waals surface area contributed by atoms with Crippen molar-refractivity contribution in [1.29, 1.82) is 0 Å². The minimum Gasteiger partial charge on any atom is -0.493 e. The van der Waals surface area contributed by atoms with Gasteiger partial charge in [0.1, 0.15) is 5.75 Å². The first-order valence-corrected chi connectivity index (χ1v) is 7.65. The Morgan fingerprint density at radius 3 is 2.89 bits per heavy atom. The Bertz CT molecular complexity index is 390. The highest BCUT2D eigenvalue weighted by atomic mass is 79.9. The van der Waals surface area contributed by atoms with E-state index in [1.807, 2.05) is 0 Å². The molecule has 1 aliphatic carbocycles. The van der Waals surface area contributed by atoms with Crippen molar-refractivity contribution in [3.8, 4) is 5.75 Å². The number of halogens is 1. The third kappa shape index (κ3) is 3.99. The maximum Gasteiger partial charge on any atom is 0.125 e. The molecule has 0 aromatic heterocycles. The van der Waals surface area contributed by atoms with Crippen LogP contribution in [0.4, 0.5) is 0 Å². The van der Waals surface area contributed by atoms with Crippen LogP contribution in [0, 0.1) is 5.92 Å².